The van der Waals surface area contributed by atoms with Crippen LogP contribution in [0.1, 0.15) is 18.0 Å². The second-order valence-corrected chi connectivity index (χ2v) is 3.24. The lowest BCUT2D eigenvalue weighted by Gasteiger charge is -2.25. The predicted octanol–water partition coefficient (Wildman–Crippen LogP) is 1.43. The molecular weight excluding hydrogens is 155 g/mol. The predicted molar refractivity (Wildman–Crippen MR) is 45.9 cm³/mol. The van der Waals surface area contributed by atoms with E-state index in [4.69, 9.17) is 0 Å². The zero-order chi connectivity index (χ0) is 8.39. The maximum Gasteiger partial charge on any atom is 0.121 e. The van der Waals surface area contributed by atoms with Gasteiger partial charge in [0.15, 0.2) is 0 Å². The molecule has 2 nitrogen and oxygen atoms in total. The number of hydrogen-bond donors (Lipinski definition) is 2. The molecule has 0 spiro atoms. The number of nitrogens with one attached hydrogen (secondary N) is 2. The van der Waals surface area contributed by atoms with E-state index in [9.17, 15) is 4.39 Å². The molecule has 0 radical (unpaired) electrons. The van der Waals surface area contributed by atoms with Crippen molar-refractivity contribution in [2.45, 2.75) is 18.5 Å². The standard InChI is InChI=1S/C9H13FN2/c10-8-6-11-5-3-7(8)9-2-1-4-12-9/h1-2,4,7-8,11-12H,3,5-6H2. The van der Waals surface area contributed by atoms with Gasteiger partial charge >= 0.3 is 0 Å². The smallest absolute Gasteiger partial charge is 0.121 e. The van der Waals surface area contributed by atoms with Gasteiger partial charge in [-0.1, -0.05) is 0 Å². The number of hydrogen-bond acceptors (Lipinski definition) is 1. The van der Waals surface area contributed by atoms with Crippen LogP contribution in [0, 0.1) is 0 Å². The summed E-state index contributed by atoms with van der Waals surface area (Å²) in [5, 5.41) is 3.04. The van der Waals surface area contributed by atoms with Gasteiger partial charge in [-0.25, -0.2) is 4.39 Å². The molecule has 12 heavy (non-hydrogen) atoms. The lowest BCUT2D eigenvalue weighted by atomic mass is 9.93. The molecule has 1 saturated heterocycles. The number of aromatic nitrogens is 1. The zero-order valence-corrected chi connectivity index (χ0v) is 6.89. The minimum absolute atomic E-state index is 0.0706. The molecule has 0 amide bonds. The molecule has 0 bridgehead atoms. The van der Waals surface area contributed by atoms with E-state index in [1.807, 2.05) is 18.3 Å². The zero-order valence-electron chi connectivity index (χ0n) is 6.89. The van der Waals surface area contributed by atoms with Crippen molar-refractivity contribution in [1.29, 1.82) is 0 Å². The van der Waals surface area contributed by atoms with Gasteiger partial charge in [-0.05, 0) is 25.1 Å². The summed E-state index contributed by atoms with van der Waals surface area (Å²) >= 11 is 0. The Bertz CT molecular complexity index is 233. The molecule has 1 aliphatic rings. The van der Waals surface area contributed by atoms with Crippen molar-refractivity contribution in [3.8, 4) is 0 Å². The van der Waals surface area contributed by atoms with Gasteiger partial charge < -0.3 is 10.3 Å². The van der Waals surface area contributed by atoms with Crippen molar-refractivity contribution >= 4 is 0 Å². The molecule has 66 valence electrons. The summed E-state index contributed by atoms with van der Waals surface area (Å²) in [4.78, 5) is 3.07. The van der Waals surface area contributed by atoms with Crippen LogP contribution in [0.5, 0.6) is 0 Å². The number of alkyl halides is 1. The van der Waals surface area contributed by atoms with Crippen LogP contribution in [0.2, 0.25) is 0 Å². The highest BCUT2D eigenvalue weighted by Crippen LogP contribution is 2.25. The fraction of sp³-hybridized carbons (Fsp3) is 0.556. The third-order valence-electron chi connectivity index (χ3n) is 2.43. The van der Waals surface area contributed by atoms with E-state index in [0.29, 0.717) is 6.54 Å². The molecular formula is C9H13FN2. The van der Waals surface area contributed by atoms with Crippen LogP contribution in [-0.2, 0) is 0 Å². The number of piperidine rings is 1. The van der Waals surface area contributed by atoms with Gasteiger partial charge in [0.1, 0.15) is 6.17 Å². The van der Waals surface area contributed by atoms with Gasteiger partial charge in [-0.3, -0.25) is 0 Å². The first-order valence-corrected chi connectivity index (χ1v) is 4.36. The summed E-state index contributed by atoms with van der Waals surface area (Å²) in [6, 6.07) is 3.88. The van der Waals surface area contributed by atoms with E-state index in [1.54, 1.807) is 0 Å². The molecule has 2 N–H and O–H groups in total. The van der Waals surface area contributed by atoms with Gasteiger partial charge in [0.25, 0.3) is 0 Å². The highest BCUT2D eigenvalue weighted by atomic mass is 19.1. The summed E-state index contributed by atoms with van der Waals surface area (Å²) in [6.07, 6.45) is 2.00. The maximum absolute atomic E-state index is 13.3. The topological polar surface area (TPSA) is 27.8 Å². The van der Waals surface area contributed by atoms with E-state index in [2.05, 4.69) is 10.3 Å². The van der Waals surface area contributed by atoms with Gasteiger partial charge in [-0.15, -0.1) is 0 Å². The van der Waals surface area contributed by atoms with Crippen molar-refractivity contribution in [2.75, 3.05) is 13.1 Å². The first kappa shape index (κ1) is 7.80. The fourth-order valence-electron chi connectivity index (χ4n) is 1.75. The van der Waals surface area contributed by atoms with E-state index >= 15 is 0 Å². The van der Waals surface area contributed by atoms with Crippen molar-refractivity contribution < 1.29 is 4.39 Å². The third-order valence-corrected chi connectivity index (χ3v) is 2.43. The molecule has 1 aromatic rings. The van der Waals surface area contributed by atoms with Gasteiger partial charge in [0, 0.05) is 24.4 Å². The molecule has 2 atom stereocenters. The molecule has 1 fully saturated rings. The summed E-state index contributed by atoms with van der Waals surface area (Å²) in [7, 11) is 0. The molecule has 1 aliphatic heterocycles. The number of rotatable bonds is 1. The first-order chi connectivity index (χ1) is 5.88. The van der Waals surface area contributed by atoms with Crippen molar-refractivity contribution in [2.24, 2.45) is 0 Å². The Labute approximate surface area is 71.2 Å². The Balaban J connectivity index is 2.11. The van der Waals surface area contributed by atoms with E-state index < -0.39 is 6.17 Å². The average Bonchev–Trinajstić information content (AvgIpc) is 2.57. The Kier molecular flexibility index (Phi) is 2.13. The highest BCUT2D eigenvalue weighted by molar-refractivity contribution is 5.13. The quantitative estimate of drug-likeness (QED) is 0.652. The lowest BCUT2D eigenvalue weighted by molar-refractivity contribution is 0.229. The fourth-order valence-corrected chi connectivity index (χ4v) is 1.75. The summed E-state index contributed by atoms with van der Waals surface area (Å²) in [5.41, 5.74) is 1.03. The maximum atomic E-state index is 13.3. The molecule has 1 aromatic heterocycles. The van der Waals surface area contributed by atoms with Crippen LogP contribution < -0.4 is 5.32 Å². The molecule has 2 rings (SSSR count). The SMILES string of the molecule is FC1CNCCC1c1ccc[nH]1. The lowest BCUT2D eigenvalue weighted by Crippen LogP contribution is -2.36. The molecule has 2 heterocycles. The summed E-state index contributed by atoms with van der Waals surface area (Å²) in [6.45, 7) is 1.41. The van der Waals surface area contributed by atoms with Crippen molar-refractivity contribution in [3.05, 3.63) is 24.0 Å². The van der Waals surface area contributed by atoms with Gasteiger partial charge in [0.2, 0.25) is 0 Å². The number of halogens is 1. The Morgan fingerprint density at radius 1 is 1.50 bits per heavy atom. The summed E-state index contributed by atoms with van der Waals surface area (Å²) < 4.78 is 13.3. The molecule has 0 aromatic carbocycles. The van der Waals surface area contributed by atoms with Crippen LogP contribution in [0.25, 0.3) is 0 Å². The van der Waals surface area contributed by atoms with Crippen molar-refractivity contribution in [1.82, 2.24) is 10.3 Å². The van der Waals surface area contributed by atoms with E-state index in [1.165, 1.54) is 0 Å². The van der Waals surface area contributed by atoms with Gasteiger partial charge in [0.05, 0.1) is 0 Å². The Hall–Kier alpha value is -0.830. The Morgan fingerprint density at radius 3 is 3.08 bits per heavy atom. The Morgan fingerprint density at radius 2 is 2.42 bits per heavy atom. The second kappa shape index (κ2) is 3.27. The largest absolute Gasteiger partial charge is 0.365 e. The summed E-state index contributed by atoms with van der Waals surface area (Å²) in [5.74, 6) is 0.0706. The van der Waals surface area contributed by atoms with Crippen LogP contribution in [0.3, 0.4) is 0 Å². The molecule has 2 unspecified atom stereocenters. The monoisotopic (exact) mass is 168 g/mol. The van der Waals surface area contributed by atoms with Crippen LogP contribution in [0.4, 0.5) is 4.39 Å². The van der Waals surface area contributed by atoms with Crippen LogP contribution in [0.15, 0.2) is 18.3 Å². The minimum atomic E-state index is -0.739. The van der Waals surface area contributed by atoms with Crippen molar-refractivity contribution in [3.63, 3.8) is 0 Å². The van der Waals surface area contributed by atoms with E-state index in [0.717, 1.165) is 18.7 Å². The highest BCUT2D eigenvalue weighted by Gasteiger charge is 2.26. The normalized spacial score (nSPS) is 30.4. The molecule has 0 aliphatic carbocycles. The number of aromatic amines is 1. The minimum Gasteiger partial charge on any atom is -0.365 e. The first-order valence-electron chi connectivity index (χ1n) is 4.36. The molecule has 0 saturated carbocycles. The van der Waals surface area contributed by atoms with Gasteiger partial charge in [-0.2, -0.15) is 0 Å². The molecule has 3 heteroatoms. The van der Waals surface area contributed by atoms with Crippen LogP contribution in [-0.4, -0.2) is 24.2 Å². The number of H-pyrrole nitrogens is 1. The average molecular weight is 168 g/mol. The van der Waals surface area contributed by atoms with E-state index in [-0.39, 0.29) is 5.92 Å². The van der Waals surface area contributed by atoms with Crippen LogP contribution >= 0.6 is 0 Å². The second-order valence-electron chi connectivity index (χ2n) is 3.24. The third kappa shape index (κ3) is 1.37.